The number of nitrogens with one attached hydrogen (secondary N) is 2. The van der Waals surface area contributed by atoms with Crippen molar-refractivity contribution in [2.75, 3.05) is 16.7 Å². The van der Waals surface area contributed by atoms with E-state index in [1.54, 1.807) is 11.1 Å². The minimum atomic E-state index is 0.529. The van der Waals surface area contributed by atoms with Gasteiger partial charge in [-0.25, -0.2) is 9.97 Å². The molecule has 0 saturated carbocycles. The largest absolute Gasteiger partial charge is 0.412 e. The number of halogens is 1. The second-order valence-electron chi connectivity index (χ2n) is 5.99. The molecule has 24 heavy (non-hydrogen) atoms. The first-order valence-corrected chi connectivity index (χ1v) is 9.27. The Labute approximate surface area is 155 Å². The van der Waals surface area contributed by atoms with Crippen LogP contribution >= 0.6 is 22.9 Å². The first-order chi connectivity index (χ1) is 11.7. The Bertz CT molecular complexity index is 817. The summed E-state index contributed by atoms with van der Waals surface area (Å²) in [7, 11) is 0. The van der Waals surface area contributed by atoms with Crippen molar-refractivity contribution in [2.24, 2.45) is 0 Å². The molecule has 0 aliphatic carbocycles. The van der Waals surface area contributed by atoms with Gasteiger partial charge in [0.05, 0.1) is 28.4 Å². The lowest BCUT2D eigenvalue weighted by atomic mass is 10.2. The molecule has 0 aliphatic rings. The number of anilines is 1. The number of fused-ring (bicyclic) bond motifs is 3. The van der Waals surface area contributed by atoms with Crippen molar-refractivity contribution in [1.82, 2.24) is 20.0 Å². The number of para-hydroxylation sites is 1. The van der Waals surface area contributed by atoms with Crippen LogP contribution in [-0.2, 0) is 0 Å². The molecule has 2 N–H and O–H groups in total. The lowest BCUT2D eigenvalue weighted by Crippen LogP contribution is -2.24. The average Bonchev–Trinajstić information content (AvgIpc) is 3.01. The molecule has 0 saturated heterocycles. The Kier molecular flexibility index (Phi) is 5.72. The molecule has 2 aromatic heterocycles. The van der Waals surface area contributed by atoms with Gasteiger partial charge in [0.15, 0.2) is 5.82 Å². The standard InChI is InChI=1S/C17H22IN5O/c1-12(2)19-9-5-6-10-24-23-11-20-15-16(23)13-7-3-4-8-14(13)21-17(15)22-18/h3-4,7-8,11-12,19H,5-6,9-10H2,1-2H3,(H,21,22). The first-order valence-electron chi connectivity index (χ1n) is 8.20. The molecular weight excluding hydrogens is 417 g/mol. The molecule has 0 bridgehead atoms. The molecule has 2 heterocycles. The lowest BCUT2D eigenvalue weighted by molar-refractivity contribution is 0.116. The van der Waals surface area contributed by atoms with Gasteiger partial charge in [-0.3, -0.25) is 0 Å². The lowest BCUT2D eigenvalue weighted by Gasteiger charge is -2.11. The van der Waals surface area contributed by atoms with Crippen LogP contribution in [0.25, 0.3) is 21.9 Å². The Morgan fingerprint density at radius 2 is 2.08 bits per heavy atom. The van der Waals surface area contributed by atoms with Gasteiger partial charge in [0.2, 0.25) is 0 Å². The van der Waals surface area contributed by atoms with E-state index in [4.69, 9.17) is 4.84 Å². The highest BCUT2D eigenvalue weighted by atomic mass is 127. The molecule has 0 radical (unpaired) electrons. The van der Waals surface area contributed by atoms with Crippen LogP contribution in [0.1, 0.15) is 26.7 Å². The number of rotatable bonds is 8. The number of hydrogen-bond donors (Lipinski definition) is 2. The van der Waals surface area contributed by atoms with Crippen LogP contribution in [0.3, 0.4) is 0 Å². The maximum atomic E-state index is 5.94. The van der Waals surface area contributed by atoms with Gasteiger partial charge in [-0.2, -0.15) is 4.73 Å². The number of pyridine rings is 1. The fourth-order valence-electron chi connectivity index (χ4n) is 2.64. The maximum Gasteiger partial charge on any atom is 0.163 e. The van der Waals surface area contributed by atoms with E-state index >= 15 is 0 Å². The maximum absolute atomic E-state index is 5.94. The predicted octanol–water partition coefficient (Wildman–Crippen LogP) is 3.55. The molecule has 0 unspecified atom stereocenters. The number of hydrogen-bond acceptors (Lipinski definition) is 5. The van der Waals surface area contributed by atoms with Gasteiger partial charge < -0.3 is 13.7 Å². The molecule has 0 spiro atoms. The smallest absolute Gasteiger partial charge is 0.163 e. The molecule has 0 atom stereocenters. The summed E-state index contributed by atoms with van der Waals surface area (Å²) in [6.07, 6.45) is 3.82. The van der Waals surface area contributed by atoms with Crippen molar-refractivity contribution in [3.8, 4) is 0 Å². The molecule has 128 valence electrons. The highest BCUT2D eigenvalue weighted by Crippen LogP contribution is 2.28. The van der Waals surface area contributed by atoms with E-state index in [0.717, 1.165) is 47.1 Å². The molecular formula is C17H22IN5O. The zero-order chi connectivity index (χ0) is 16.9. The van der Waals surface area contributed by atoms with E-state index in [1.165, 1.54) is 0 Å². The van der Waals surface area contributed by atoms with Gasteiger partial charge in [0.25, 0.3) is 0 Å². The SMILES string of the molecule is CC(C)NCCCCOn1cnc2c(NI)nc3ccccc3c21. The number of unbranched alkanes of at least 4 members (excludes halogenated alkanes) is 1. The summed E-state index contributed by atoms with van der Waals surface area (Å²) < 4.78 is 4.86. The van der Waals surface area contributed by atoms with Gasteiger partial charge in [0.1, 0.15) is 24.0 Å². The third kappa shape index (κ3) is 3.72. The molecule has 6 nitrogen and oxygen atoms in total. The van der Waals surface area contributed by atoms with Crippen molar-refractivity contribution < 1.29 is 4.84 Å². The van der Waals surface area contributed by atoms with Crippen molar-refractivity contribution in [1.29, 1.82) is 0 Å². The highest BCUT2D eigenvalue weighted by Gasteiger charge is 2.14. The van der Waals surface area contributed by atoms with Gasteiger partial charge in [-0.05, 0) is 25.5 Å². The Morgan fingerprint density at radius 1 is 1.25 bits per heavy atom. The first kappa shape index (κ1) is 17.2. The fraction of sp³-hybridized carbons (Fsp3) is 0.412. The minimum absolute atomic E-state index is 0.529. The van der Waals surface area contributed by atoms with E-state index in [-0.39, 0.29) is 0 Å². The summed E-state index contributed by atoms with van der Waals surface area (Å²) in [5.74, 6) is 0.757. The zero-order valence-electron chi connectivity index (χ0n) is 13.9. The van der Waals surface area contributed by atoms with Crippen LogP contribution in [0.4, 0.5) is 5.82 Å². The van der Waals surface area contributed by atoms with Crippen LogP contribution < -0.4 is 13.7 Å². The Balaban J connectivity index is 1.78. The van der Waals surface area contributed by atoms with Crippen LogP contribution in [0.5, 0.6) is 0 Å². The molecule has 0 fully saturated rings. The Morgan fingerprint density at radius 3 is 2.88 bits per heavy atom. The number of aromatic nitrogens is 3. The minimum Gasteiger partial charge on any atom is -0.412 e. The van der Waals surface area contributed by atoms with E-state index in [9.17, 15) is 0 Å². The predicted molar refractivity (Wildman–Crippen MR) is 106 cm³/mol. The van der Waals surface area contributed by atoms with Crippen molar-refractivity contribution in [3.05, 3.63) is 30.6 Å². The number of imidazole rings is 1. The summed E-state index contributed by atoms with van der Waals surface area (Å²) in [5, 5.41) is 4.46. The highest BCUT2D eigenvalue weighted by molar-refractivity contribution is 14.1. The summed E-state index contributed by atoms with van der Waals surface area (Å²) >= 11 is 2.08. The normalized spacial score (nSPS) is 11.5. The van der Waals surface area contributed by atoms with Gasteiger partial charge in [-0.1, -0.05) is 32.0 Å². The third-order valence-corrected chi connectivity index (χ3v) is 4.31. The fourth-order valence-corrected chi connectivity index (χ4v) is 3.02. The summed E-state index contributed by atoms with van der Waals surface area (Å²) in [5.41, 5.74) is 2.71. The quantitative estimate of drug-likeness (QED) is 0.319. The van der Waals surface area contributed by atoms with Gasteiger partial charge in [0, 0.05) is 11.4 Å². The average molecular weight is 439 g/mol. The van der Waals surface area contributed by atoms with Crippen molar-refractivity contribution in [2.45, 2.75) is 32.7 Å². The van der Waals surface area contributed by atoms with E-state index in [0.29, 0.717) is 12.6 Å². The summed E-state index contributed by atoms with van der Waals surface area (Å²) in [6, 6.07) is 8.58. The number of nitrogens with zero attached hydrogens (tertiary/aromatic N) is 3. The topological polar surface area (TPSA) is 64.0 Å². The van der Waals surface area contributed by atoms with Gasteiger partial charge >= 0.3 is 0 Å². The third-order valence-electron chi connectivity index (χ3n) is 3.80. The van der Waals surface area contributed by atoms with Crippen LogP contribution in [0, 0.1) is 0 Å². The molecule has 3 aromatic rings. The van der Waals surface area contributed by atoms with E-state index in [1.807, 2.05) is 18.2 Å². The summed E-state index contributed by atoms with van der Waals surface area (Å²) in [6.45, 7) is 5.99. The van der Waals surface area contributed by atoms with Crippen molar-refractivity contribution >= 4 is 50.6 Å². The monoisotopic (exact) mass is 439 g/mol. The van der Waals surface area contributed by atoms with Crippen LogP contribution in [-0.4, -0.2) is 33.9 Å². The van der Waals surface area contributed by atoms with Gasteiger partial charge in [-0.15, -0.1) is 0 Å². The zero-order valence-corrected chi connectivity index (χ0v) is 16.1. The van der Waals surface area contributed by atoms with Crippen molar-refractivity contribution in [3.63, 3.8) is 0 Å². The van der Waals surface area contributed by atoms with Crippen LogP contribution in [0.15, 0.2) is 30.6 Å². The molecule has 3 rings (SSSR count). The second kappa shape index (κ2) is 7.98. The van der Waals surface area contributed by atoms with E-state index in [2.05, 4.69) is 61.6 Å². The number of benzene rings is 1. The van der Waals surface area contributed by atoms with E-state index < -0.39 is 0 Å². The molecule has 1 aromatic carbocycles. The summed E-state index contributed by atoms with van der Waals surface area (Å²) in [4.78, 5) is 15.0. The molecule has 7 heteroatoms. The second-order valence-corrected chi connectivity index (χ2v) is 6.53. The van der Waals surface area contributed by atoms with Crippen LogP contribution in [0.2, 0.25) is 0 Å². The Hall–Kier alpha value is -1.61. The molecule has 0 amide bonds. The molecule has 0 aliphatic heterocycles.